The maximum Gasteiger partial charge on any atom is 0.0883 e. The minimum absolute atomic E-state index is 1.34. The highest BCUT2D eigenvalue weighted by atomic mass is 28.3. The summed E-state index contributed by atoms with van der Waals surface area (Å²) < 4.78 is 0. The van der Waals surface area contributed by atoms with Gasteiger partial charge in [-0.25, -0.2) is 0 Å². The van der Waals surface area contributed by atoms with E-state index in [0.717, 1.165) is 0 Å². The Hall–Kier alpha value is -1.34. The predicted molar refractivity (Wildman–Crippen MR) is 73.4 cm³/mol. The van der Waals surface area contributed by atoms with Crippen LogP contribution in [-0.4, -0.2) is 8.07 Å². The van der Waals surface area contributed by atoms with E-state index in [4.69, 9.17) is 0 Å². The molecule has 0 saturated heterocycles. The Balaban J connectivity index is 2.21. The summed E-state index contributed by atoms with van der Waals surface area (Å²) in [6.07, 6.45) is 0. The fourth-order valence-electron chi connectivity index (χ4n) is 1.92. The molecule has 81 valence electrons. The first-order chi connectivity index (χ1) is 7.68. The Morgan fingerprint density at radius 3 is 1.81 bits per heavy atom. The van der Waals surface area contributed by atoms with Gasteiger partial charge in [0.1, 0.15) is 0 Å². The van der Waals surface area contributed by atoms with Crippen LogP contribution in [0.5, 0.6) is 0 Å². The fraction of sp³-hybridized carbons (Fsp3) is 0.133. The molecule has 0 aliphatic heterocycles. The van der Waals surface area contributed by atoms with Crippen LogP contribution in [-0.2, 0) is 0 Å². The highest BCUT2D eigenvalue weighted by Crippen LogP contribution is 2.14. The molecule has 0 aromatic heterocycles. The summed E-state index contributed by atoms with van der Waals surface area (Å²) in [4.78, 5) is 0. The molecule has 0 saturated carbocycles. The van der Waals surface area contributed by atoms with Gasteiger partial charge in [-0.05, 0) is 11.6 Å². The molecule has 0 N–H and O–H groups in total. The van der Waals surface area contributed by atoms with Crippen molar-refractivity contribution >= 4 is 13.3 Å². The highest BCUT2D eigenvalue weighted by molar-refractivity contribution is 6.93. The summed E-state index contributed by atoms with van der Waals surface area (Å²) >= 11 is 0. The van der Waals surface area contributed by atoms with Crippen LogP contribution in [0.25, 0.3) is 0 Å². The monoisotopic (exact) mass is 225 g/mol. The molecule has 0 unspecified atom stereocenters. The lowest BCUT2D eigenvalue weighted by Crippen LogP contribution is -2.42. The van der Waals surface area contributed by atoms with Crippen LogP contribution < -0.4 is 5.19 Å². The second kappa shape index (κ2) is 4.66. The number of hydrogen-bond donors (Lipinski definition) is 0. The number of hydrogen-bond acceptors (Lipinski definition) is 0. The van der Waals surface area contributed by atoms with Crippen LogP contribution in [0.2, 0.25) is 13.1 Å². The second-order valence-electron chi connectivity index (χ2n) is 4.64. The van der Waals surface area contributed by atoms with Crippen molar-refractivity contribution in [2.75, 3.05) is 0 Å². The van der Waals surface area contributed by atoms with Gasteiger partial charge in [0.15, 0.2) is 0 Å². The van der Waals surface area contributed by atoms with Crippen LogP contribution in [0.4, 0.5) is 0 Å². The molecular weight excluding hydrogens is 208 g/mol. The summed E-state index contributed by atoms with van der Waals surface area (Å²) in [7, 11) is -1.45. The van der Waals surface area contributed by atoms with Gasteiger partial charge in [-0.15, -0.1) is 0 Å². The molecule has 16 heavy (non-hydrogen) atoms. The van der Waals surface area contributed by atoms with Gasteiger partial charge in [0, 0.05) is 0 Å². The molecule has 0 spiro atoms. The van der Waals surface area contributed by atoms with Crippen molar-refractivity contribution in [3.8, 4) is 0 Å². The fourth-order valence-corrected chi connectivity index (χ4v) is 4.16. The highest BCUT2D eigenvalue weighted by Gasteiger charge is 2.23. The first-order valence-electron chi connectivity index (χ1n) is 5.65. The zero-order valence-electron chi connectivity index (χ0n) is 9.85. The third kappa shape index (κ3) is 2.61. The minimum Gasteiger partial charge on any atom is -0.0650 e. The van der Waals surface area contributed by atoms with Crippen LogP contribution in [0.15, 0.2) is 60.7 Å². The first-order valence-corrected chi connectivity index (χ1v) is 8.73. The number of rotatable bonds is 3. The van der Waals surface area contributed by atoms with E-state index >= 15 is 0 Å². The zero-order chi connectivity index (χ0) is 11.4. The molecule has 0 aliphatic rings. The Kier molecular flexibility index (Phi) is 3.25. The average Bonchev–Trinajstić information content (AvgIpc) is 2.31. The maximum absolute atomic E-state index is 2.45. The van der Waals surface area contributed by atoms with Gasteiger partial charge in [0.25, 0.3) is 0 Å². The molecular formula is C15H17Si. The molecule has 0 heterocycles. The topological polar surface area (TPSA) is 0 Å². The molecule has 0 amide bonds. The van der Waals surface area contributed by atoms with E-state index in [-0.39, 0.29) is 0 Å². The molecule has 2 aromatic carbocycles. The standard InChI is InChI=1S/C15H17Si/c1-16(2,15-11-7-4-8-12-15)13-14-9-5-3-6-10-14/h3-13H,1-2H3. The van der Waals surface area contributed by atoms with Crippen molar-refractivity contribution in [1.29, 1.82) is 0 Å². The van der Waals surface area contributed by atoms with Gasteiger partial charge in [-0.3, -0.25) is 0 Å². The van der Waals surface area contributed by atoms with E-state index in [1.165, 1.54) is 10.8 Å². The van der Waals surface area contributed by atoms with Gasteiger partial charge in [0.2, 0.25) is 0 Å². The van der Waals surface area contributed by atoms with Crippen LogP contribution >= 0.6 is 0 Å². The normalized spacial score (nSPS) is 11.4. The van der Waals surface area contributed by atoms with Crippen molar-refractivity contribution in [3.63, 3.8) is 0 Å². The summed E-state index contributed by atoms with van der Waals surface area (Å²) in [6, 6.07) is 23.9. The second-order valence-corrected chi connectivity index (χ2v) is 8.95. The van der Waals surface area contributed by atoms with E-state index < -0.39 is 8.07 Å². The molecule has 0 nitrogen and oxygen atoms in total. The molecule has 0 fully saturated rings. The van der Waals surface area contributed by atoms with Crippen LogP contribution in [0.3, 0.4) is 0 Å². The third-order valence-electron chi connectivity index (χ3n) is 2.84. The first kappa shape index (κ1) is 11.2. The molecule has 0 bridgehead atoms. The predicted octanol–water partition coefficient (Wildman–Crippen LogP) is 3.39. The lowest BCUT2D eigenvalue weighted by atomic mass is 10.2. The average molecular weight is 225 g/mol. The number of benzene rings is 2. The quantitative estimate of drug-likeness (QED) is 0.702. The van der Waals surface area contributed by atoms with Crippen molar-refractivity contribution in [2.45, 2.75) is 13.1 Å². The van der Waals surface area contributed by atoms with Crippen molar-refractivity contribution in [3.05, 3.63) is 72.3 Å². The smallest absolute Gasteiger partial charge is 0.0650 e. The van der Waals surface area contributed by atoms with Gasteiger partial charge in [-0.1, -0.05) is 78.9 Å². The lowest BCUT2D eigenvalue weighted by molar-refractivity contribution is 1.53. The van der Waals surface area contributed by atoms with Gasteiger partial charge in [-0.2, -0.15) is 0 Å². The molecule has 1 radical (unpaired) electrons. The van der Waals surface area contributed by atoms with Crippen LogP contribution in [0, 0.1) is 6.04 Å². The van der Waals surface area contributed by atoms with Crippen molar-refractivity contribution in [1.82, 2.24) is 0 Å². The maximum atomic E-state index is 2.45. The molecule has 0 atom stereocenters. The van der Waals surface area contributed by atoms with Gasteiger partial charge >= 0.3 is 0 Å². The van der Waals surface area contributed by atoms with E-state index in [0.29, 0.717) is 0 Å². The summed E-state index contributed by atoms with van der Waals surface area (Å²) in [6.45, 7) is 4.77. The molecule has 1 heteroatoms. The molecule has 0 aliphatic carbocycles. The van der Waals surface area contributed by atoms with Crippen molar-refractivity contribution in [2.24, 2.45) is 0 Å². The third-order valence-corrected chi connectivity index (χ3v) is 5.72. The van der Waals surface area contributed by atoms with E-state index in [1.807, 2.05) is 0 Å². The minimum atomic E-state index is -1.45. The zero-order valence-corrected chi connectivity index (χ0v) is 10.9. The van der Waals surface area contributed by atoms with E-state index in [1.54, 1.807) is 0 Å². The summed E-state index contributed by atoms with van der Waals surface area (Å²) in [5.74, 6) is 0. The largest absolute Gasteiger partial charge is 0.0883 e. The SMILES string of the molecule is C[Si](C)([CH]c1ccccc1)c1ccccc1. The van der Waals surface area contributed by atoms with E-state index in [2.05, 4.69) is 79.8 Å². The summed E-state index contributed by atoms with van der Waals surface area (Å²) in [5, 5.41) is 1.49. The Morgan fingerprint density at radius 1 is 0.750 bits per heavy atom. The Labute approximate surface area is 99.0 Å². The van der Waals surface area contributed by atoms with Crippen molar-refractivity contribution < 1.29 is 0 Å². The Morgan fingerprint density at radius 2 is 1.25 bits per heavy atom. The molecule has 2 aromatic rings. The Bertz CT molecular complexity index is 432. The van der Waals surface area contributed by atoms with Gasteiger partial charge in [0.05, 0.1) is 8.07 Å². The van der Waals surface area contributed by atoms with Crippen LogP contribution in [0.1, 0.15) is 5.56 Å². The van der Waals surface area contributed by atoms with E-state index in [9.17, 15) is 0 Å². The summed E-state index contributed by atoms with van der Waals surface area (Å²) in [5.41, 5.74) is 1.34. The molecule has 2 rings (SSSR count). The van der Waals surface area contributed by atoms with Gasteiger partial charge < -0.3 is 0 Å². The lowest BCUT2D eigenvalue weighted by Gasteiger charge is -2.22.